The minimum atomic E-state index is -4.47. The Kier molecular flexibility index (Phi) is 6.32. The lowest BCUT2D eigenvalue weighted by Gasteiger charge is -2.10. The van der Waals surface area contributed by atoms with E-state index in [-0.39, 0.29) is 16.4 Å². The molecule has 1 N–H and O–H groups in total. The van der Waals surface area contributed by atoms with Crippen LogP contribution in [0.2, 0.25) is 0 Å². The number of nitriles is 1. The highest BCUT2D eigenvalue weighted by Gasteiger charge is 2.30. The number of sulfone groups is 1. The first-order chi connectivity index (χ1) is 14.7. The summed E-state index contributed by atoms with van der Waals surface area (Å²) >= 11 is 0. The van der Waals surface area contributed by atoms with Crippen LogP contribution in [-0.2, 0) is 16.0 Å². The molecule has 0 heterocycles. The standard InChI is InChI=1S/C22H15F3N2O3S/c23-22(24,25)16-5-4-6-19(13-16)30-18-11-9-17(10-12-18)27-15-21(14-26)31(28,29)20-7-2-1-3-8-20/h1-13,15,27H. The SMILES string of the molecule is N#CC(=CNc1ccc(Oc2cccc(C(F)(F)F)c2)cc1)S(=O)(=O)c1ccccc1. The number of allylic oxidation sites excluding steroid dienone is 1. The van der Waals surface area contributed by atoms with Crippen molar-refractivity contribution in [3.63, 3.8) is 0 Å². The lowest BCUT2D eigenvalue weighted by atomic mass is 10.2. The third-order valence-electron chi connectivity index (χ3n) is 4.07. The van der Waals surface area contributed by atoms with E-state index in [1.807, 2.05) is 0 Å². The summed E-state index contributed by atoms with van der Waals surface area (Å²) in [6.07, 6.45) is -3.40. The van der Waals surface area contributed by atoms with Gasteiger partial charge in [-0.25, -0.2) is 8.42 Å². The van der Waals surface area contributed by atoms with Crippen molar-refractivity contribution in [2.75, 3.05) is 5.32 Å². The normalized spacial score (nSPS) is 12.1. The van der Waals surface area contributed by atoms with Crippen molar-refractivity contribution >= 4 is 15.5 Å². The summed E-state index contributed by atoms with van der Waals surface area (Å²) in [4.78, 5) is -0.475. The molecule has 0 aliphatic heterocycles. The molecule has 3 aromatic carbocycles. The molecule has 0 saturated carbocycles. The number of nitrogens with one attached hydrogen (secondary N) is 1. The highest BCUT2D eigenvalue weighted by Crippen LogP contribution is 2.33. The lowest BCUT2D eigenvalue weighted by Crippen LogP contribution is -2.05. The van der Waals surface area contributed by atoms with Gasteiger partial charge in [0, 0.05) is 11.9 Å². The topological polar surface area (TPSA) is 79.2 Å². The Morgan fingerprint density at radius 1 is 0.935 bits per heavy atom. The second kappa shape index (κ2) is 8.93. The van der Waals surface area contributed by atoms with Crippen molar-refractivity contribution in [1.82, 2.24) is 0 Å². The molecule has 0 unspecified atom stereocenters. The zero-order valence-electron chi connectivity index (χ0n) is 15.8. The molecule has 0 spiro atoms. The molecule has 0 radical (unpaired) electrons. The van der Waals surface area contributed by atoms with Crippen molar-refractivity contribution < 1.29 is 26.3 Å². The number of hydrogen-bond acceptors (Lipinski definition) is 5. The van der Waals surface area contributed by atoms with E-state index in [2.05, 4.69) is 5.32 Å². The zero-order chi connectivity index (χ0) is 22.5. The molecule has 31 heavy (non-hydrogen) atoms. The van der Waals surface area contributed by atoms with Crippen LogP contribution < -0.4 is 10.1 Å². The van der Waals surface area contributed by atoms with Gasteiger partial charge in [0.1, 0.15) is 17.6 Å². The molecule has 0 fully saturated rings. The summed E-state index contributed by atoms with van der Waals surface area (Å²) in [5.41, 5.74) is -0.371. The molecule has 3 rings (SSSR count). The van der Waals surface area contributed by atoms with E-state index < -0.39 is 26.5 Å². The van der Waals surface area contributed by atoms with E-state index in [4.69, 9.17) is 4.74 Å². The first-order valence-corrected chi connectivity index (χ1v) is 10.3. The number of alkyl halides is 3. The molecule has 0 aliphatic rings. The first kappa shape index (κ1) is 21.9. The largest absolute Gasteiger partial charge is 0.457 e. The Balaban J connectivity index is 1.73. The van der Waals surface area contributed by atoms with Gasteiger partial charge in [0.25, 0.3) is 0 Å². The summed E-state index contributed by atoms with van der Waals surface area (Å²) in [5.74, 6) is 0.308. The highest BCUT2D eigenvalue weighted by molar-refractivity contribution is 7.95. The number of benzene rings is 3. The van der Waals surface area contributed by atoms with Crippen LogP contribution in [0.4, 0.5) is 18.9 Å². The van der Waals surface area contributed by atoms with Crippen LogP contribution >= 0.6 is 0 Å². The average molecular weight is 444 g/mol. The Labute approximate surface area is 176 Å². The minimum Gasteiger partial charge on any atom is -0.457 e. The van der Waals surface area contributed by atoms with Crippen LogP contribution in [0.25, 0.3) is 0 Å². The predicted molar refractivity (Wildman–Crippen MR) is 109 cm³/mol. The number of rotatable bonds is 6. The van der Waals surface area contributed by atoms with Crippen LogP contribution in [0.3, 0.4) is 0 Å². The molecule has 3 aromatic rings. The Bertz CT molecular complexity index is 1230. The van der Waals surface area contributed by atoms with Crippen molar-refractivity contribution in [3.05, 3.63) is 95.5 Å². The molecule has 0 aliphatic carbocycles. The van der Waals surface area contributed by atoms with Crippen molar-refractivity contribution in [1.29, 1.82) is 5.26 Å². The van der Waals surface area contributed by atoms with E-state index >= 15 is 0 Å². The first-order valence-electron chi connectivity index (χ1n) is 8.82. The molecule has 158 valence electrons. The highest BCUT2D eigenvalue weighted by atomic mass is 32.2. The summed E-state index contributed by atoms with van der Waals surface area (Å²) in [7, 11) is -3.97. The molecule has 9 heteroatoms. The van der Waals surface area contributed by atoms with Crippen LogP contribution in [0.5, 0.6) is 11.5 Å². The van der Waals surface area contributed by atoms with Gasteiger partial charge in [-0.15, -0.1) is 0 Å². The van der Waals surface area contributed by atoms with Gasteiger partial charge >= 0.3 is 6.18 Å². The second-order valence-electron chi connectivity index (χ2n) is 6.23. The maximum Gasteiger partial charge on any atom is 0.416 e. The fraction of sp³-hybridized carbons (Fsp3) is 0.0455. The third kappa shape index (κ3) is 5.43. The van der Waals surface area contributed by atoms with E-state index in [1.165, 1.54) is 48.5 Å². The van der Waals surface area contributed by atoms with E-state index in [0.29, 0.717) is 5.69 Å². The van der Waals surface area contributed by atoms with Gasteiger partial charge < -0.3 is 10.1 Å². The van der Waals surface area contributed by atoms with Gasteiger partial charge in [0.05, 0.1) is 10.5 Å². The van der Waals surface area contributed by atoms with Crippen LogP contribution in [-0.4, -0.2) is 8.42 Å². The Morgan fingerprint density at radius 3 is 2.23 bits per heavy atom. The summed E-state index contributed by atoms with van der Waals surface area (Å²) < 4.78 is 68.8. The fourth-order valence-electron chi connectivity index (χ4n) is 2.54. The quantitative estimate of drug-likeness (QED) is 0.490. The van der Waals surface area contributed by atoms with Crippen molar-refractivity contribution in [2.45, 2.75) is 11.1 Å². The predicted octanol–water partition coefficient (Wildman–Crippen LogP) is 5.75. The second-order valence-corrected chi connectivity index (χ2v) is 8.15. The van der Waals surface area contributed by atoms with E-state index in [0.717, 1.165) is 18.3 Å². The average Bonchev–Trinajstić information content (AvgIpc) is 2.75. The molecule has 5 nitrogen and oxygen atoms in total. The maximum atomic E-state index is 12.8. The maximum absolute atomic E-state index is 12.8. The molecule has 0 saturated heterocycles. The van der Waals surface area contributed by atoms with E-state index in [9.17, 15) is 26.9 Å². The monoisotopic (exact) mass is 444 g/mol. The lowest BCUT2D eigenvalue weighted by molar-refractivity contribution is -0.137. The number of anilines is 1. The van der Waals surface area contributed by atoms with Crippen molar-refractivity contribution in [3.8, 4) is 17.6 Å². The van der Waals surface area contributed by atoms with Gasteiger partial charge in [-0.05, 0) is 54.6 Å². The molecule has 0 bridgehead atoms. The Morgan fingerprint density at radius 2 is 1.61 bits per heavy atom. The van der Waals surface area contributed by atoms with Gasteiger partial charge in [0.2, 0.25) is 9.84 Å². The fourth-order valence-corrected chi connectivity index (χ4v) is 3.64. The summed E-state index contributed by atoms with van der Waals surface area (Å²) in [5, 5.41) is 12.0. The van der Waals surface area contributed by atoms with Crippen LogP contribution in [0, 0.1) is 11.3 Å². The number of nitrogens with zero attached hydrogens (tertiary/aromatic N) is 1. The van der Waals surface area contributed by atoms with Crippen LogP contribution in [0.1, 0.15) is 5.56 Å². The van der Waals surface area contributed by atoms with Gasteiger partial charge in [-0.2, -0.15) is 18.4 Å². The third-order valence-corrected chi connectivity index (χ3v) is 5.76. The number of ether oxygens (including phenoxy) is 1. The van der Waals surface area contributed by atoms with E-state index in [1.54, 1.807) is 24.3 Å². The number of halogens is 3. The molecular formula is C22H15F3N2O3S. The van der Waals surface area contributed by atoms with Gasteiger partial charge in [0.15, 0.2) is 4.91 Å². The summed E-state index contributed by atoms with van der Waals surface area (Å²) in [6.45, 7) is 0. The van der Waals surface area contributed by atoms with Crippen LogP contribution in [0.15, 0.2) is 94.9 Å². The minimum absolute atomic E-state index is 0.00515. The van der Waals surface area contributed by atoms with Gasteiger partial charge in [-0.3, -0.25) is 0 Å². The zero-order valence-corrected chi connectivity index (χ0v) is 16.6. The summed E-state index contributed by atoms with van der Waals surface area (Å²) in [6, 6.07) is 19.8. The van der Waals surface area contributed by atoms with Crippen molar-refractivity contribution in [2.24, 2.45) is 0 Å². The molecule has 0 amide bonds. The Hall–Kier alpha value is -3.77. The smallest absolute Gasteiger partial charge is 0.416 e. The molecule has 0 atom stereocenters. The molecule has 0 aromatic heterocycles. The van der Waals surface area contributed by atoms with Gasteiger partial charge in [-0.1, -0.05) is 24.3 Å². The molecular weight excluding hydrogens is 429 g/mol. The number of hydrogen-bond donors (Lipinski definition) is 1.